The number of aromatic nitrogens is 4. The Bertz CT molecular complexity index is 259. The van der Waals surface area contributed by atoms with Crippen molar-refractivity contribution in [3.8, 4) is 0 Å². The third-order valence-corrected chi connectivity index (χ3v) is 1.84. The highest BCUT2D eigenvalue weighted by atomic mass is 15.6. The molecular formula is C9H18N4. The van der Waals surface area contributed by atoms with Crippen LogP contribution in [0.25, 0.3) is 0 Å². The Morgan fingerprint density at radius 1 is 1.31 bits per heavy atom. The van der Waals surface area contributed by atoms with Crippen molar-refractivity contribution in [1.82, 2.24) is 20.2 Å². The maximum absolute atomic E-state index is 4.31. The van der Waals surface area contributed by atoms with Gasteiger partial charge in [0.2, 0.25) is 0 Å². The van der Waals surface area contributed by atoms with Crippen molar-refractivity contribution in [2.75, 3.05) is 0 Å². The van der Waals surface area contributed by atoms with E-state index in [1.807, 2.05) is 0 Å². The van der Waals surface area contributed by atoms with Crippen molar-refractivity contribution in [3.63, 3.8) is 0 Å². The summed E-state index contributed by atoms with van der Waals surface area (Å²) in [7, 11) is 0. The van der Waals surface area contributed by atoms with Crippen LogP contribution in [-0.4, -0.2) is 20.2 Å². The molecule has 0 aliphatic heterocycles. The minimum absolute atomic E-state index is 0.00443. The van der Waals surface area contributed by atoms with Gasteiger partial charge >= 0.3 is 0 Å². The Balaban J connectivity index is 2.64. The molecule has 0 amide bonds. The van der Waals surface area contributed by atoms with Gasteiger partial charge in [-0.1, -0.05) is 34.1 Å². The molecule has 0 radical (unpaired) electrons. The predicted molar refractivity (Wildman–Crippen MR) is 51.4 cm³/mol. The third kappa shape index (κ3) is 2.79. The van der Waals surface area contributed by atoms with E-state index in [1.165, 1.54) is 0 Å². The average molecular weight is 182 g/mol. The van der Waals surface area contributed by atoms with Crippen LogP contribution in [0.15, 0.2) is 0 Å². The molecule has 0 fully saturated rings. The summed E-state index contributed by atoms with van der Waals surface area (Å²) in [6, 6.07) is 0. The van der Waals surface area contributed by atoms with Crippen LogP contribution in [0.4, 0.5) is 0 Å². The Labute approximate surface area is 79.3 Å². The lowest BCUT2D eigenvalue weighted by atomic mass is 9.96. The summed E-state index contributed by atoms with van der Waals surface area (Å²) in [5.74, 6) is 0.823. The summed E-state index contributed by atoms with van der Waals surface area (Å²) in [6.07, 6.45) is 2.27. The fraction of sp³-hybridized carbons (Fsp3) is 0.889. The highest BCUT2D eigenvalue weighted by Crippen LogP contribution is 2.16. The molecule has 1 aromatic rings. The molecule has 0 aliphatic rings. The molecule has 0 saturated carbocycles. The topological polar surface area (TPSA) is 43.6 Å². The Kier molecular flexibility index (Phi) is 3.01. The number of hydrogen-bond acceptors (Lipinski definition) is 3. The van der Waals surface area contributed by atoms with Crippen LogP contribution in [0.3, 0.4) is 0 Å². The van der Waals surface area contributed by atoms with E-state index in [4.69, 9.17) is 0 Å². The number of tetrazole rings is 1. The monoisotopic (exact) mass is 182 g/mol. The molecule has 0 saturated heterocycles. The van der Waals surface area contributed by atoms with Crippen molar-refractivity contribution in [2.24, 2.45) is 0 Å². The van der Waals surface area contributed by atoms with E-state index in [0.29, 0.717) is 0 Å². The zero-order valence-corrected chi connectivity index (χ0v) is 8.91. The maximum atomic E-state index is 4.31. The van der Waals surface area contributed by atoms with Gasteiger partial charge in [-0.25, -0.2) is 0 Å². The van der Waals surface area contributed by atoms with Crippen LogP contribution in [0.2, 0.25) is 0 Å². The molecular weight excluding hydrogens is 164 g/mol. The van der Waals surface area contributed by atoms with E-state index in [-0.39, 0.29) is 5.41 Å². The summed E-state index contributed by atoms with van der Waals surface area (Å²) in [4.78, 5) is 1.68. The summed E-state index contributed by atoms with van der Waals surface area (Å²) in [5, 5.41) is 12.3. The summed E-state index contributed by atoms with van der Waals surface area (Å²) >= 11 is 0. The van der Waals surface area contributed by atoms with Crippen LogP contribution < -0.4 is 0 Å². The Morgan fingerprint density at radius 3 is 2.46 bits per heavy atom. The number of aryl methyl sites for hydroxylation is 1. The van der Waals surface area contributed by atoms with Gasteiger partial charge in [-0.05, 0) is 11.6 Å². The molecule has 0 atom stereocenters. The van der Waals surface area contributed by atoms with E-state index >= 15 is 0 Å². The van der Waals surface area contributed by atoms with Gasteiger partial charge in [-0.3, -0.25) is 0 Å². The van der Waals surface area contributed by atoms with E-state index in [1.54, 1.807) is 4.80 Å². The zero-order chi connectivity index (χ0) is 9.90. The normalized spacial score (nSPS) is 12.0. The van der Waals surface area contributed by atoms with Crippen LogP contribution >= 0.6 is 0 Å². The molecule has 4 nitrogen and oxygen atoms in total. The molecule has 0 aromatic carbocycles. The van der Waals surface area contributed by atoms with Crippen LogP contribution in [0.5, 0.6) is 0 Å². The molecule has 1 rings (SSSR count). The van der Waals surface area contributed by atoms with Gasteiger partial charge in [-0.15, -0.1) is 10.2 Å². The number of nitrogens with zero attached hydrogens (tertiary/aromatic N) is 4. The second kappa shape index (κ2) is 3.85. The summed E-state index contributed by atoms with van der Waals surface area (Å²) in [5.41, 5.74) is 0.00443. The van der Waals surface area contributed by atoms with Crippen LogP contribution in [0, 0.1) is 0 Å². The highest BCUT2D eigenvalue weighted by molar-refractivity contribution is 4.95. The standard InChI is InChI=1S/C9H18N4/c1-5-6-7-13-11-8(10-12-13)9(2,3)4/h5-7H2,1-4H3. The highest BCUT2D eigenvalue weighted by Gasteiger charge is 2.19. The third-order valence-electron chi connectivity index (χ3n) is 1.84. The van der Waals surface area contributed by atoms with E-state index in [9.17, 15) is 0 Å². The largest absolute Gasteiger partial charge is 0.180 e. The van der Waals surface area contributed by atoms with Gasteiger partial charge in [0, 0.05) is 5.41 Å². The molecule has 0 N–H and O–H groups in total. The molecule has 1 heterocycles. The van der Waals surface area contributed by atoms with Gasteiger partial charge in [0.15, 0.2) is 5.82 Å². The first-order valence-corrected chi connectivity index (χ1v) is 4.82. The Hall–Kier alpha value is -0.930. The van der Waals surface area contributed by atoms with Crippen molar-refractivity contribution >= 4 is 0 Å². The minimum Gasteiger partial charge on any atom is -0.164 e. The zero-order valence-electron chi connectivity index (χ0n) is 8.91. The van der Waals surface area contributed by atoms with E-state index in [0.717, 1.165) is 25.2 Å². The first kappa shape index (κ1) is 10.2. The SMILES string of the molecule is CCCCn1nnc(C(C)(C)C)n1. The van der Waals surface area contributed by atoms with Crippen molar-refractivity contribution in [2.45, 2.75) is 52.5 Å². The molecule has 13 heavy (non-hydrogen) atoms. The van der Waals surface area contributed by atoms with Crippen LogP contribution in [0.1, 0.15) is 46.4 Å². The first-order chi connectivity index (χ1) is 6.04. The molecule has 4 heteroatoms. The van der Waals surface area contributed by atoms with Crippen molar-refractivity contribution in [1.29, 1.82) is 0 Å². The number of hydrogen-bond donors (Lipinski definition) is 0. The van der Waals surface area contributed by atoms with Gasteiger partial charge in [0.1, 0.15) is 0 Å². The number of unbranched alkanes of at least 4 members (excludes halogenated alkanes) is 1. The smallest absolute Gasteiger partial charge is 0.164 e. The van der Waals surface area contributed by atoms with E-state index < -0.39 is 0 Å². The first-order valence-electron chi connectivity index (χ1n) is 4.82. The quantitative estimate of drug-likeness (QED) is 0.715. The van der Waals surface area contributed by atoms with Crippen molar-refractivity contribution < 1.29 is 0 Å². The van der Waals surface area contributed by atoms with Gasteiger partial charge in [0.05, 0.1) is 6.54 Å². The van der Waals surface area contributed by atoms with Gasteiger partial charge < -0.3 is 0 Å². The predicted octanol–water partition coefficient (Wildman–Crippen LogP) is 1.77. The fourth-order valence-corrected chi connectivity index (χ4v) is 0.938. The molecule has 0 spiro atoms. The molecule has 1 aromatic heterocycles. The maximum Gasteiger partial charge on any atom is 0.180 e. The van der Waals surface area contributed by atoms with Crippen LogP contribution in [-0.2, 0) is 12.0 Å². The lowest BCUT2D eigenvalue weighted by Gasteiger charge is -2.11. The summed E-state index contributed by atoms with van der Waals surface area (Å²) < 4.78 is 0. The lowest BCUT2D eigenvalue weighted by Crippen LogP contribution is -2.14. The average Bonchev–Trinajstić information content (AvgIpc) is 2.47. The van der Waals surface area contributed by atoms with Gasteiger partial charge in [-0.2, -0.15) is 4.80 Å². The lowest BCUT2D eigenvalue weighted by molar-refractivity contribution is 0.484. The number of rotatable bonds is 3. The van der Waals surface area contributed by atoms with Gasteiger partial charge in [0.25, 0.3) is 0 Å². The molecule has 74 valence electrons. The second-order valence-electron chi connectivity index (χ2n) is 4.31. The molecule has 0 bridgehead atoms. The minimum atomic E-state index is 0.00443. The van der Waals surface area contributed by atoms with Crippen molar-refractivity contribution in [3.05, 3.63) is 5.82 Å². The Morgan fingerprint density at radius 2 is 2.00 bits per heavy atom. The summed E-state index contributed by atoms with van der Waals surface area (Å²) in [6.45, 7) is 9.30. The van der Waals surface area contributed by atoms with E-state index in [2.05, 4.69) is 43.1 Å². The second-order valence-corrected chi connectivity index (χ2v) is 4.31. The molecule has 0 unspecified atom stereocenters. The fourth-order valence-electron chi connectivity index (χ4n) is 0.938. The molecule has 0 aliphatic carbocycles.